The largest absolute Gasteiger partial charge is 0.394 e. The lowest BCUT2D eigenvalue weighted by Crippen LogP contribution is -2.37. The van der Waals surface area contributed by atoms with Crippen LogP contribution in [0.25, 0.3) is 10.9 Å². The minimum absolute atomic E-state index is 0.0765. The molecule has 204 valence electrons. The number of aromatic amines is 1. The van der Waals surface area contributed by atoms with Crippen molar-refractivity contribution in [2.45, 2.75) is 24.9 Å². The number of aliphatic hydroxyl groups is 1. The molecule has 1 amide bonds. The normalized spacial score (nSPS) is 12.6. The molecule has 5 aromatic rings. The third-order valence-corrected chi connectivity index (χ3v) is 7.05. The van der Waals surface area contributed by atoms with Crippen molar-refractivity contribution in [2.24, 2.45) is 5.73 Å². The predicted octanol–water partition coefficient (Wildman–Crippen LogP) is 4.99. The van der Waals surface area contributed by atoms with Gasteiger partial charge in [0.1, 0.15) is 5.82 Å². The molecule has 2 atom stereocenters. The van der Waals surface area contributed by atoms with E-state index in [2.05, 4.69) is 52.9 Å². The number of nitrogens with one attached hydrogen (secondary N) is 4. The number of carbonyl (C=O) groups is 1. The fourth-order valence-electron chi connectivity index (χ4n) is 4.45. The average Bonchev–Trinajstić information content (AvgIpc) is 3.37. The maximum Gasteiger partial charge on any atom is 0.241 e. The standard InChI is InChI=1S/C30H30BrN7O2/c31-25-17-34-30(38-28(25)35-23(18-39)14-20-16-33-27-12-5-4-11-24(20)27)37-22-10-6-9-21(15-22)36-29(40)26(32)13-19-7-2-1-3-8-19/h1-12,15-17,23,26,33,39H,13-14,18,32H2,(H,36,40)(H2,34,35,37,38). The number of fused-ring (bicyclic) bond motifs is 1. The molecule has 0 aliphatic carbocycles. The van der Waals surface area contributed by atoms with Gasteiger partial charge in [0.05, 0.1) is 23.2 Å². The molecule has 40 heavy (non-hydrogen) atoms. The Kier molecular flexibility index (Phi) is 8.70. The van der Waals surface area contributed by atoms with E-state index in [9.17, 15) is 9.90 Å². The summed E-state index contributed by atoms with van der Waals surface area (Å²) in [5.74, 6) is 0.643. The summed E-state index contributed by atoms with van der Waals surface area (Å²) in [6.45, 7) is -0.0765. The average molecular weight is 601 g/mol. The van der Waals surface area contributed by atoms with Gasteiger partial charge in [0.2, 0.25) is 11.9 Å². The summed E-state index contributed by atoms with van der Waals surface area (Å²) in [6, 6.07) is 24.1. The third-order valence-electron chi connectivity index (χ3n) is 6.47. The van der Waals surface area contributed by atoms with Gasteiger partial charge in [-0.2, -0.15) is 4.98 Å². The summed E-state index contributed by atoms with van der Waals surface area (Å²) in [6.07, 6.45) is 4.67. The van der Waals surface area contributed by atoms with Gasteiger partial charge < -0.3 is 31.8 Å². The SMILES string of the molecule is NC(Cc1ccccc1)C(=O)Nc1cccc(Nc2ncc(Br)c(NC(CO)Cc3c[nH]c4ccccc34)n2)c1. The van der Waals surface area contributed by atoms with E-state index in [1.807, 2.05) is 66.9 Å². The molecule has 0 radical (unpaired) electrons. The topological polar surface area (TPSA) is 141 Å². The molecule has 0 spiro atoms. The number of aromatic nitrogens is 3. The second-order valence-corrected chi connectivity index (χ2v) is 10.3. The number of halogens is 1. The number of anilines is 4. The van der Waals surface area contributed by atoms with Crippen LogP contribution in [0.4, 0.5) is 23.1 Å². The molecular weight excluding hydrogens is 570 g/mol. The number of aliphatic hydroxyl groups excluding tert-OH is 1. The Morgan fingerprint density at radius 2 is 1.77 bits per heavy atom. The van der Waals surface area contributed by atoms with E-state index in [1.165, 1.54) is 0 Å². The maximum absolute atomic E-state index is 12.7. The molecule has 0 saturated carbocycles. The number of H-pyrrole nitrogens is 1. The highest BCUT2D eigenvalue weighted by Gasteiger charge is 2.16. The monoisotopic (exact) mass is 599 g/mol. The minimum atomic E-state index is -0.675. The highest BCUT2D eigenvalue weighted by Crippen LogP contribution is 2.25. The highest BCUT2D eigenvalue weighted by atomic mass is 79.9. The van der Waals surface area contributed by atoms with Gasteiger partial charge in [-0.3, -0.25) is 4.79 Å². The molecular formula is C30H30BrN7O2. The van der Waals surface area contributed by atoms with Crippen molar-refractivity contribution in [1.29, 1.82) is 0 Å². The number of benzene rings is 3. The number of carbonyl (C=O) groups excluding carboxylic acids is 1. The van der Waals surface area contributed by atoms with Crippen LogP contribution in [0.1, 0.15) is 11.1 Å². The molecule has 7 N–H and O–H groups in total. The summed E-state index contributed by atoms with van der Waals surface area (Å²) in [7, 11) is 0. The highest BCUT2D eigenvalue weighted by molar-refractivity contribution is 9.10. The number of hydrogen-bond acceptors (Lipinski definition) is 7. The molecule has 0 aliphatic heterocycles. The van der Waals surface area contributed by atoms with Crippen molar-refractivity contribution in [3.63, 3.8) is 0 Å². The maximum atomic E-state index is 12.7. The zero-order valence-electron chi connectivity index (χ0n) is 21.6. The predicted molar refractivity (Wildman–Crippen MR) is 163 cm³/mol. The first-order valence-corrected chi connectivity index (χ1v) is 13.7. The van der Waals surface area contributed by atoms with Gasteiger partial charge in [-0.15, -0.1) is 0 Å². The quantitative estimate of drug-likeness (QED) is 0.126. The zero-order valence-corrected chi connectivity index (χ0v) is 23.2. The molecule has 2 aromatic heterocycles. The number of rotatable bonds is 11. The zero-order chi connectivity index (χ0) is 27.9. The van der Waals surface area contributed by atoms with Crippen molar-refractivity contribution in [1.82, 2.24) is 15.0 Å². The van der Waals surface area contributed by atoms with Crippen LogP contribution in [0.2, 0.25) is 0 Å². The number of para-hydroxylation sites is 1. The van der Waals surface area contributed by atoms with Gasteiger partial charge in [0, 0.05) is 34.7 Å². The number of nitrogens with zero attached hydrogens (tertiary/aromatic N) is 2. The van der Waals surface area contributed by atoms with Crippen molar-refractivity contribution in [2.75, 3.05) is 22.6 Å². The van der Waals surface area contributed by atoms with Gasteiger partial charge in [-0.25, -0.2) is 4.98 Å². The third kappa shape index (κ3) is 6.84. The molecule has 0 fully saturated rings. The summed E-state index contributed by atoms with van der Waals surface area (Å²) in [4.78, 5) is 24.9. The van der Waals surface area contributed by atoms with Gasteiger partial charge in [-0.1, -0.05) is 54.6 Å². The van der Waals surface area contributed by atoms with Crippen LogP contribution >= 0.6 is 15.9 Å². The Bertz CT molecular complexity index is 1590. The number of hydrogen-bond donors (Lipinski definition) is 6. The fraction of sp³-hybridized carbons (Fsp3) is 0.167. The lowest BCUT2D eigenvalue weighted by Gasteiger charge is -2.18. The van der Waals surface area contributed by atoms with E-state index in [0.29, 0.717) is 40.5 Å². The van der Waals surface area contributed by atoms with E-state index >= 15 is 0 Å². The first-order chi connectivity index (χ1) is 19.5. The summed E-state index contributed by atoms with van der Waals surface area (Å²) in [5.41, 5.74) is 10.6. The van der Waals surface area contributed by atoms with Crippen LogP contribution in [0.5, 0.6) is 0 Å². The second kappa shape index (κ2) is 12.7. The molecule has 2 unspecified atom stereocenters. The molecule has 2 heterocycles. The van der Waals surface area contributed by atoms with Crippen LogP contribution in [0.3, 0.4) is 0 Å². The summed E-state index contributed by atoms with van der Waals surface area (Å²) in [5, 5.41) is 20.6. The molecule has 0 saturated heterocycles. The van der Waals surface area contributed by atoms with E-state index in [0.717, 1.165) is 22.0 Å². The van der Waals surface area contributed by atoms with Gasteiger partial charge in [0.15, 0.2) is 0 Å². The fourth-order valence-corrected chi connectivity index (χ4v) is 4.75. The minimum Gasteiger partial charge on any atom is -0.394 e. The van der Waals surface area contributed by atoms with Crippen molar-refractivity contribution in [3.05, 3.63) is 107 Å². The Labute approximate surface area is 240 Å². The molecule has 9 nitrogen and oxygen atoms in total. The Morgan fingerprint density at radius 1 is 1.00 bits per heavy atom. The molecule has 0 aliphatic rings. The van der Waals surface area contributed by atoms with Crippen molar-refractivity contribution < 1.29 is 9.90 Å². The number of amides is 1. The van der Waals surface area contributed by atoms with E-state index in [1.54, 1.807) is 18.3 Å². The molecule has 5 rings (SSSR count). The molecule has 10 heteroatoms. The lowest BCUT2D eigenvalue weighted by atomic mass is 10.1. The van der Waals surface area contributed by atoms with E-state index in [-0.39, 0.29) is 18.6 Å². The van der Waals surface area contributed by atoms with Crippen LogP contribution in [-0.4, -0.2) is 44.7 Å². The number of nitrogens with two attached hydrogens (primary N) is 1. The Morgan fingerprint density at radius 3 is 2.60 bits per heavy atom. The molecule has 0 bridgehead atoms. The van der Waals surface area contributed by atoms with Crippen molar-refractivity contribution in [3.8, 4) is 0 Å². The van der Waals surface area contributed by atoms with E-state index in [4.69, 9.17) is 5.73 Å². The first-order valence-electron chi connectivity index (χ1n) is 12.9. The van der Waals surface area contributed by atoms with Gasteiger partial charge in [-0.05, 0) is 64.2 Å². The van der Waals surface area contributed by atoms with Crippen LogP contribution in [0, 0.1) is 0 Å². The smallest absolute Gasteiger partial charge is 0.241 e. The summed E-state index contributed by atoms with van der Waals surface area (Å²) >= 11 is 3.50. The van der Waals surface area contributed by atoms with Crippen LogP contribution in [0.15, 0.2) is 95.7 Å². The second-order valence-electron chi connectivity index (χ2n) is 9.47. The van der Waals surface area contributed by atoms with Crippen molar-refractivity contribution >= 4 is 55.9 Å². The summed E-state index contributed by atoms with van der Waals surface area (Å²) < 4.78 is 0.670. The molecule has 3 aromatic carbocycles. The Balaban J connectivity index is 1.23. The van der Waals surface area contributed by atoms with Crippen LogP contribution < -0.4 is 21.7 Å². The van der Waals surface area contributed by atoms with E-state index < -0.39 is 6.04 Å². The van der Waals surface area contributed by atoms with Crippen LogP contribution in [-0.2, 0) is 17.6 Å². The first kappa shape index (κ1) is 27.3. The van der Waals surface area contributed by atoms with Gasteiger partial charge >= 0.3 is 0 Å². The van der Waals surface area contributed by atoms with Gasteiger partial charge in [0.25, 0.3) is 0 Å². The lowest BCUT2D eigenvalue weighted by molar-refractivity contribution is -0.117. The Hall–Kier alpha value is -4.25.